The highest BCUT2D eigenvalue weighted by Gasteiger charge is 2.28. The van der Waals surface area contributed by atoms with Crippen LogP contribution in [0.2, 0.25) is 0 Å². The van der Waals surface area contributed by atoms with Gasteiger partial charge in [-0.3, -0.25) is 0 Å². The molecule has 0 aliphatic carbocycles. The van der Waals surface area contributed by atoms with Gasteiger partial charge in [0.15, 0.2) is 0 Å². The Hall–Kier alpha value is -1.06. The van der Waals surface area contributed by atoms with E-state index in [1.54, 1.807) is 14.2 Å². The van der Waals surface area contributed by atoms with E-state index in [4.69, 9.17) is 9.47 Å². The van der Waals surface area contributed by atoms with Crippen molar-refractivity contribution in [3.8, 4) is 5.75 Å². The number of rotatable bonds is 5. The minimum absolute atomic E-state index is 0.519. The molecular formula is C13H20O3. The second-order valence-electron chi connectivity index (χ2n) is 4.34. The van der Waals surface area contributed by atoms with Crippen molar-refractivity contribution in [2.75, 3.05) is 14.2 Å². The number of para-hydroxylation sites is 1. The average Bonchev–Trinajstić information content (AvgIpc) is 2.29. The number of hydrogen-bond acceptors (Lipinski definition) is 3. The summed E-state index contributed by atoms with van der Waals surface area (Å²) in [5.74, 6) is 0.799. The molecule has 90 valence electrons. The Bertz CT molecular complexity index is 334. The molecule has 1 aromatic carbocycles. The second-order valence-corrected chi connectivity index (χ2v) is 4.34. The van der Waals surface area contributed by atoms with Crippen LogP contribution in [-0.2, 0) is 11.2 Å². The first kappa shape index (κ1) is 13.0. The molecule has 0 aromatic heterocycles. The molecule has 0 saturated heterocycles. The van der Waals surface area contributed by atoms with Gasteiger partial charge in [0.05, 0.1) is 18.8 Å². The molecule has 0 fully saturated rings. The molecule has 1 unspecified atom stereocenters. The monoisotopic (exact) mass is 224 g/mol. The standard InChI is InChI=1S/C13H20O3/c1-13(2,16-4)12(14)9-10-7-5-6-8-11(10)15-3/h5-8,12,14H,9H2,1-4H3. The van der Waals surface area contributed by atoms with Crippen molar-refractivity contribution in [2.24, 2.45) is 0 Å². The Balaban J connectivity index is 2.80. The lowest BCUT2D eigenvalue weighted by Gasteiger charge is -2.29. The summed E-state index contributed by atoms with van der Waals surface area (Å²) in [5.41, 5.74) is 0.434. The average molecular weight is 224 g/mol. The quantitative estimate of drug-likeness (QED) is 0.831. The van der Waals surface area contributed by atoms with E-state index in [2.05, 4.69) is 0 Å². The summed E-state index contributed by atoms with van der Waals surface area (Å²) in [6.45, 7) is 3.74. The zero-order valence-electron chi connectivity index (χ0n) is 10.4. The summed E-state index contributed by atoms with van der Waals surface area (Å²) in [4.78, 5) is 0. The summed E-state index contributed by atoms with van der Waals surface area (Å²) in [5, 5.41) is 10.1. The van der Waals surface area contributed by atoms with Gasteiger partial charge < -0.3 is 14.6 Å². The van der Waals surface area contributed by atoms with Crippen LogP contribution >= 0.6 is 0 Å². The third kappa shape index (κ3) is 2.97. The van der Waals surface area contributed by atoms with Crippen LogP contribution in [0.5, 0.6) is 5.75 Å². The van der Waals surface area contributed by atoms with Crippen molar-refractivity contribution in [1.82, 2.24) is 0 Å². The molecule has 1 N–H and O–H groups in total. The van der Waals surface area contributed by atoms with Crippen LogP contribution in [0.4, 0.5) is 0 Å². The molecule has 0 saturated carbocycles. The highest BCUT2D eigenvalue weighted by atomic mass is 16.5. The molecule has 0 aliphatic heterocycles. The lowest BCUT2D eigenvalue weighted by atomic mass is 9.94. The van der Waals surface area contributed by atoms with E-state index in [1.165, 1.54) is 0 Å². The van der Waals surface area contributed by atoms with Crippen LogP contribution in [0, 0.1) is 0 Å². The van der Waals surface area contributed by atoms with E-state index in [0.717, 1.165) is 11.3 Å². The number of hydrogen-bond donors (Lipinski definition) is 1. The zero-order valence-corrected chi connectivity index (χ0v) is 10.4. The van der Waals surface area contributed by atoms with Crippen molar-refractivity contribution in [2.45, 2.75) is 32.0 Å². The van der Waals surface area contributed by atoms with Crippen molar-refractivity contribution < 1.29 is 14.6 Å². The fourth-order valence-electron chi connectivity index (χ4n) is 1.46. The van der Waals surface area contributed by atoms with Crippen molar-refractivity contribution in [1.29, 1.82) is 0 Å². The van der Waals surface area contributed by atoms with Crippen LogP contribution in [-0.4, -0.2) is 31.0 Å². The molecule has 0 heterocycles. The Morgan fingerprint density at radius 2 is 1.88 bits per heavy atom. The Morgan fingerprint density at radius 3 is 2.44 bits per heavy atom. The largest absolute Gasteiger partial charge is 0.496 e. The Kier molecular flexibility index (Phi) is 4.33. The van der Waals surface area contributed by atoms with Gasteiger partial charge in [-0.25, -0.2) is 0 Å². The molecule has 16 heavy (non-hydrogen) atoms. The molecule has 3 heteroatoms. The third-order valence-electron chi connectivity index (χ3n) is 2.93. The second kappa shape index (κ2) is 5.32. The fourth-order valence-corrected chi connectivity index (χ4v) is 1.46. The summed E-state index contributed by atoms with van der Waals surface area (Å²) in [6.07, 6.45) is -0.0426. The first-order valence-electron chi connectivity index (χ1n) is 5.36. The van der Waals surface area contributed by atoms with Crippen LogP contribution in [0.1, 0.15) is 19.4 Å². The van der Waals surface area contributed by atoms with Gasteiger partial charge >= 0.3 is 0 Å². The number of ether oxygens (including phenoxy) is 2. The van der Waals surface area contributed by atoms with Gasteiger partial charge in [-0.05, 0) is 25.5 Å². The van der Waals surface area contributed by atoms with Crippen molar-refractivity contribution >= 4 is 0 Å². The third-order valence-corrected chi connectivity index (χ3v) is 2.93. The van der Waals surface area contributed by atoms with Crippen LogP contribution in [0.3, 0.4) is 0 Å². The van der Waals surface area contributed by atoms with Crippen molar-refractivity contribution in [3.63, 3.8) is 0 Å². The normalized spacial score (nSPS) is 13.6. The minimum atomic E-state index is -0.561. The Labute approximate surface area is 97.0 Å². The van der Waals surface area contributed by atoms with Crippen LogP contribution in [0.15, 0.2) is 24.3 Å². The summed E-state index contributed by atoms with van der Waals surface area (Å²) in [6, 6.07) is 7.69. The highest BCUT2D eigenvalue weighted by Crippen LogP contribution is 2.23. The minimum Gasteiger partial charge on any atom is -0.496 e. The predicted octanol–water partition coefficient (Wildman–Crippen LogP) is 2.02. The fraction of sp³-hybridized carbons (Fsp3) is 0.538. The van der Waals surface area contributed by atoms with E-state index in [9.17, 15) is 5.11 Å². The van der Waals surface area contributed by atoms with E-state index in [0.29, 0.717) is 6.42 Å². The van der Waals surface area contributed by atoms with Gasteiger partial charge in [0.25, 0.3) is 0 Å². The lowest BCUT2D eigenvalue weighted by Crippen LogP contribution is -2.39. The summed E-state index contributed by atoms with van der Waals surface area (Å²) in [7, 11) is 3.23. The molecule has 0 radical (unpaired) electrons. The van der Waals surface area contributed by atoms with E-state index in [-0.39, 0.29) is 0 Å². The molecule has 1 rings (SSSR count). The maximum atomic E-state index is 10.1. The van der Waals surface area contributed by atoms with Crippen LogP contribution < -0.4 is 4.74 Å². The van der Waals surface area contributed by atoms with Gasteiger partial charge in [-0.2, -0.15) is 0 Å². The van der Waals surface area contributed by atoms with Gasteiger partial charge in [0.1, 0.15) is 5.75 Å². The highest BCUT2D eigenvalue weighted by molar-refractivity contribution is 5.33. The molecule has 1 aromatic rings. The van der Waals surface area contributed by atoms with Gasteiger partial charge in [0, 0.05) is 13.5 Å². The summed E-state index contributed by atoms with van der Waals surface area (Å²) >= 11 is 0. The van der Waals surface area contributed by atoms with E-state index < -0.39 is 11.7 Å². The molecule has 0 aliphatic rings. The maximum absolute atomic E-state index is 10.1. The topological polar surface area (TPSA) is 38.7 Å². The molecular weight excluding hydrogens is 204 g/mol. The molecule has 1 atom stereocenters. The summed E-state index contributed by atoms with van der Waals surface area (Å²) < 4.78 is 10.5. The molecule has 0 bridgehead atoms. The number of benzene rings is 1. The number of aliphatic hydroxyl groups is 1. The van der Waals surface area contributed by atoms with E-state index >= 15 is 0 Å². The lowest BCUT2D eigenvalue weighted by molar-refractivity contribution is -0.0766. The molecule has 0 amide bonds. The first-order valence-corrected chi connectivity index (χ1v) is 5.36. The smallest absolute Gasteiger partial charge is 0.122 e. The SMILES string of the molecule is COc1ccccc1CC(O)C(C)(C)OC. The van der Waals surface area contributed by atoms with Gasteiger partial charge in [-0.1, -0.05) is 18.2 Å². The zero-order chi connectivity index (χ0) is 12.2. The van der Waals surface area contributed by atoms with Gasteiger partial charge in [-0.15, -0.1) is 0 Å². The maximum Gasteiger partial charge on any atom is 0.122 e. The van der Waals surface area contributed by atoms with E-state index in [1.807, 2.05) is 38.1 Å². The number of methoxy groups -OCH3 is 2. The first-order chi connectivity index (χ1) is 7.51. The number of aliphatic hydroxyl groups excluding tert-OH is 1. The molecule has 0 spiro atoms. The Morgan fingerprint density at radius 1 is 1.25 bits per heavy atom. The predicted molar refractivity (Wildman–Crippen MR) is 63.8 cm³/mol. The molecule has 3 nitrogen and oxygen atoms in total. The van der Waals surface area contributed by atoms with Gasteiger partial charge in [0.2, 0.25) is 0 Å². The van der Waals surface area contributed by atoms with Crippen molar-refractivity contribution in [3.05, 3.63) is 29.8 Å². The van der Waals surface area contributed by atoms with Crippen LogP contribution in [0.25, 0.3) is 0 Å².